The third-order valence-electron chi connectivity index (χ3n) is 5.10. The summed E-state index contributed by atoms with van der Waals surface area (Å²) in [5.74, 6) is 1.44. The summed E-state index contributed by atoms with van der Waals surface area (Å²) in [4.78, 5) is 0. The maximum atomic E-state index is 13.2. The molecule has 0 spiro atoms. The Morgan fingerprint density at radius 3 is 2.23 bits per heavy atom. The van der Waals surface area contributed by atoms with Crippen molar-refractivity contribution >= 4 is 23.2 Å². The van der Waals surface area contributed by atoms with Crippen molar-refractivity contribution in [3.05, 3.63) is 107 Å². The summed E-state index contributed by atoms with van der Waals surface area (Å²) >= 11 is 0. The third-order valence-corrected chi connectivity index (χ3v) is 5.10. The second-order valence-corrected chi connectivity index (χ2v) is 7.13. The van der Waals surface area contributed by atoms with E-state index in [0.717, 1.165) is 34.6 Å². The molecule has 1 N–H and O–H groups in total. The number of fused-ring (bicyclic) bond motifs is 1. The number of hydrogen-bond donors (Lipinski definition) is 1. The molecule has 5 heteroatoms. The summed E-state index contributed by atoms with van der Waals surface area (Å²) in [6.07, 6.45) is 0. The van der Waals surface area contributed by atoms with Gasteiger partial charge in [0.1, 0.15) is 23.9 Å². The molecule has 4 aromatic rings. The fourth-order valence-corrected chi connectivity index (χ4v) is 3.45. The van der Waals surface area contributed by atoms with Crippen LogP contribution in [0.4, 0.5) is 4.39 Å². The molecule has 0 atom stereocenters. The molecule has 0 aromatic heterocycles. The summed E-state index contributed by atoms with van der Waals surface area (Å²) in [5.41, 5.74) is 3.23. The number of hydrogen-bond acceptors (Lipinski definition) is 3. The SMILES string of the molecule is COc1ccc(CNCc2c(OCc3ccc(F)cc3)ccc3ccccc23)cc1.Cl. The van der Waals surface area contributed by atoms with E-state index in [-0.39, 0.29) is 18.2 Å². The van der Waals surface area contributed by atoms with Gasteiger partial charge in [0.2, 0.25) is 0 Å². The van der Waals surface area contributed by atoms with Crippen molar-refractivity contribution in [2.45, 2.75) is 19.7 Å². The van der Waals surface area contributed by atoms with Crippen LogP contribution in [-0.4, -0.2) is 7.11 Å². The maximum Gasteiger partial charge on any atom is 0.124 e. The Labute approximate surface area is 188 Å². The monoisotopic (exact) mass is 437 g/mol. The first-order chi connectivity index (χ1) is 14.7. The molecule has 0 aliphatic rings. The summed E-state index contributed by atoms with van der Waals surface area (Å²) in [7, 11) is 1.67. The Morgan fingerprint density at radius 2 is 1.48 bits per heavy atom. The first-order valence-electron chi connectivity index (χ1n) is 9.94. The highest BCUT2D eigenvalue weighted by atomic mass is 35.5. The predicted molar refractivity (Wildman–Crippen MR) is 125 cm³/mol. The van der Waals surface area contributed by atoms with Crippen LogP contribution in [0.5, 0.6) is 11.5 Å². The summed E-state index contributed by atoms with van der Waals surface area (Å²) in [5, 5.41) is 5.86. The van der Waals surface area contributed by atoms with Gasteiger partial charge in [0.15, 0.2) is 0 Å². The smallest absolute Gasteiger partial charge is 0.124 e. The minimum absolute atomic E-state index is 0. The van der Waals surface area contributed by atoms with E-state index < -0.39 is 0 Å². The molecular weight excluding hydrogens is 413 g/mol. The predicted octanol–water partition coefficient (Wildman–Crippen LogP) is 6.28. The van der Waals surface area contributed by atoms with E-state index in [0.29, 0.717) is 13.2 Å². The molecule has 0 heterocycles. The van der Waals surface area contributed by atoms with Gasteiger partial charge in [-0.05, 0) is 52.2 Å². The molecule has 4 aromatic carbocycles. The first kappa shape index (κ1) is 22.6. The molecule has 160 valence electrons. The first-order valence-corrected chi connectivity index (χ1v) is 9.94. The van der Waals surface area contributed by atoms with Gasteiger partial charge >= 0.3 is 0 Å². The van der Waals surface area contributed by atoms with Gasteiger partial charge in [0.25, 0.3) is 0 Å². The van der Waals surface area contributed by atoms with Crippen LogP contribution in [0.3, 0.4) is 0 Å². The highest BCUT2D eigenvalue weighted by Gasteiger charge is 2.09. The highest BCUT2D eigenvalue weighted by Crippen LogP contribution is 2.29. The lowest BCUT2D eigenvalue weighted by Gasteiger charge is -2.15. The van der Waals surface area contributed by atoms with E-state index in [4.69, 9.17) is 9.47 Å². The van der Waals surface area contributed by atoms with Gasteiger partial charge in [-0.3, -0.25) is 0 Å². The third kappa shape index (κ3) is 5.75. The fraction of sp³-hybridized carbons (Fsp3) is 0.154. The lowest BCUT2D eigenvalue weighted by molar-refractivity contribution is 0.302. The van der Waals surface area contributed by atoms with Crippen LogP contribution in [0, 0.1) is 5.82 Å². The van der Waals surface area contributed by atoms with Gasteiger partial charge < -0.3 is 14.8 Å². The van der Waals surface area contributed by atoms with Crippen molar-refractivity contribution in [2.75, 3.05) is 7.11 Å². The summed E-state index contributed by atoms with van der Waals surface area (Å²) < 4.78 is 24.5. The molecule has 0 aliphatic heterocycles. The number of nitrogens with one attached hydrogen (secondary N) is 1. The number of ether oxygens (including phenoxy) is 2. The number of halogens is 2. The minimum Gasteiger partial charge on any atom is -0.497 e. The Hall–Kier alpha value is -3.08. The summed E-state index contributed by atoms with van der Waals surface area (Å²) in [6, 6.07) is 26.8. The van der Waals surface area contributed by atoms with Crippen molar-refractivity contribution < 1.29 is 13.9 Å². The number of methoxy groups -OCH3 is 1. The zero-order valence-corrected chi connectivity index (χ0v) is 18.1. The average molecular weight is 438 g/mol. The topological polar surface area (TPSA) is 30.5 Å². The van der Waals surface area contributed by atoms with E-state index in [9.17, 15) is 4.39 Å². The van der Waals surface area contributed by atoms with E-state index in [1.807, 2.05) is 30.3 Å². The second kappa shape index (κ2) is 10.8. The zero-order valence-electron chi connectivity index (χ0n) is 17.3. The lowest BCUT2D eigenvalue weighted by atomic mass is 10.0. The number of benzene rings is 4. The second-order valence-electron chi connectivity index (χ2n) is 7.13. The van der Waals surface area contributed by atoms with E-state index in [2.05, 4.69) is 35.6 Å². The molecule has 0 saturated carbocycles. The van der Waals surface area contributed by atoms with Gasteiger partial charge in [-0.25, -0.2) is 4.39 Å². The van der Waals surface area contributed by atoms with Crippen LogP contribution in [-0.2, 0) is 19.7 Å². The van der Waals surface area contributed by atoms with Crippen molar-refractivity contribution in [3.8, 4) is 11.5 Å². The molecule has 4 rings (SSSR count). The van der Waals surface area contributed by atoms with E-state index in [1.165, 1.54) is 23.1 Å². The Morgan fingerprint density at radius 1 is 0.774 bits per heavy atom. The molecule has 0 saturated heterocycles. The Kier molecular flexibility index (Phi) is 7.88. The average Bonchev–Trinajstić information content (AvgIpc) is 2.80. The van der Waals surface area contributed by atoms with Crippen LogP contribution in [0.25, 0.3) is 10.8 Å². The number of rotatable bonds is 8. The fourth-order valence-electron chi connectivity index (χ4n) is 3.45. The van der Waals surface area contributed by atoms with Crippen molar-refractivity contribution in [2.24, 2.45) is 0 Å². The van der Waals surface area contributed by atoms with Crippen LogP contribution in [0.2, 0.25) is 0 Å². The van der Waals surface area contributed by atoms with Crippen LogP contribution in [0.1, 0.15) is 16.7 Å². The largest absolute Gasteiger partial charge is 0.497 e. The molecule has 0 amide bonds. The van der Waals surface area contributed by atoms with Gasteiger partial charge in [0, 0.05) is 18.7 Å². The molecule has 0 unspecified atom stereocenters. The molecule has 0 fully saturated rings. The van der Waals surface area contributed by atoms with Crippen molar-refractivity contribution in [1.82, 2.24) is 5.32 Å². The normalized spacial score (nSPS) is 10.5. The lowest BCUT2D eigenvalue weighted by Crippen LogP contribution is -2.14. The molecule has 31 heavy (non-hydrogen) atoms. The Balaban J connectivity index is 0.00000272. The van der Waals surface area contributed by atoms with E-state index >= 15 is 0 Å². The summed E-state index contributed by atoms with van der Waals surface area (Å²) in [6.45, 7) is 1.81. The highest BCUT2D eigenvalue weighted by molar-refractivity contribution is 5.87. The van der Waals surface area contributed by atoms with Crippen molar-refractivity contribution in [1.29, 1.82) is 0 Å². The standard InChI is InChI=1S/C26H24FNO2.ClH/c1-29-23-13-8-19(9-14-23)16-28-17-25-24-5-3-2-4-21(24)10-15-26(25)30-18-20-6-11-22(27)12-7-20;/h2-15,28H,16-18H2,1H3;1H. The van der Waals surface area contributed by atoms with Gasteiger partial charge in [0.05, 0.1) is 7.11 Å². The van der Waals surface area contributed by atoms with Gasteiger partial charge in [-0.2, -0.15) is 0 Å². The Bertz CT molecular complexity index is 1110. The van der Waals surface area contributed by atoms with Crippen molar-refractivity contribution in [3.63, 3.8) is 0 Å². The molecule has 0 bridgehead atoms. The minimum atomic E-state index is -0.243. The molecule has 3 nitrogen and oxygen atoms in total. The quantitative estimate of drug-likeness (QED) is 0.352. The zero-order chi connectivity index (χ0) is 20.8. The van der Waals surface area contributed by atoms with Gasteiger partial charge in [-0.1, -0.05) is 54.6 Å². The van der Waals surface area contributed by atoms with Crippen LogP contribution >= 0.6 is 12.4 Å². The van der Waals surface area contributed by atoms with Gasteiger partial charge in [-0.15, -0.1) is 12.4 Å². The van der Waals surface area contributed by atoms with Crippen LogP contribution in [0.15, 0.2) is 84.9 Å². The van der Waals surface area contributed by atoms with Crippen LogP contribution < -0.4 is 14.8 Å². The molecule has 0 radical (unpaired) electrons. The maximum absolute atomic E-state index is 13.2. The molecule has 0 aliphatic carbocycles. The molecular formula is C26H25ClFNO2. The van der Waals surface area contributed by atoms with E-state index in [1.54, 1.807) is 19.2 Å².